The topological polar surface area (TPSA) is 64.9 Å². The van der Waals surface area contributed by atoms with Crippen molar-refractivity contribution in [3.63, 3.8) is 0 Å². The lowest BCUT2D eigenvalue weighted by Crippen LogP contribution is -2.01. The summed E-state index contributed by atoms with van der Waals surface area (Å²) in [5, 5.41) is 3.92. The van der Waals surface area contributed by atoms with E-state index in [-0.39, 0.29) is 0 Å². The number of hydrogen-bond acceptors (Lipinski definition) is 5. The van der Waals surface area contributed by atoms with E-state index in [1.54, 1.807) is 11.8 Å². The second-order valence-electron chi connectivity index (χ2n) is 3.22. The zero-order valence-corrected chi connectivity index (χ0v) is 9.61. The lowest BCUT2D eigenvalue weighted by atomic mass is 10.2. The van der Waals surface area contributed by atoms with E-state index in [2.05, 4.69) is 10.1 Å². The summed E-state index contributed by atoms with van der Waals surface area (Å²) in [7, 11) is 0. The van der Waals surface area contributed by atoms with Crippen LogP contribution in [-0.2, 0) is 5.75 Å². The Bertz CT molecular complexity index is 430. The van der Waals surface area contributed by atoms with E-state index in [1.807, 2.05) is 30.3 Å². The summed E-state index contributed by atoms with van der Waals surface area (Å²) < 4.78 is 5.18. The maximum atomic E-state index is 5.40. The van der Waals surface area contributed by atoms with Crippen molar-refractivity contribution in [2.45, 2.75) is 5.75 Å². The first-order valence-corrected chi connectivity index (χ1v) is 6.21. The van der Waals surface area contributed by atoms with Gasteiger partial charge >= 0.3 is 0 Å². The van der Waals surface area contributed by atoms with E-state index in [1.165, 1.54) is 0 Å². The maximum absolute atomic E-state index is 5.40. The smallest absolute Gasteiger partial charge is 0.257 e. The molecule has 2 rings (SSSR count). The molecule has 0 unspecified atom stereocenters. The Balaban J connectivity index is 2.02. The summed E-state index contributed by atoms with van der Waals surface area (Å²) >= 11 is 1.70. The molecule has 0 aliphatic heterocycles. The Labute approximate surface area is 98.2 Å². The monoisotopic (exact) mass is 235 g/mol. The van der Waals surface area contributed by atoms with Crippen molar-refractivity contribution in [3.05, 3.63) is 36.2 Å². The molecule has 0 atom stereocenters. The summed E-state index contributed by atoms with van der Waals surface area (Å²) in [6.07, 6.45) is 0. The zero-order chi connectivity index (χ0) is 11.2. The Morgan fingerprint density at radius 2 is 2.06 bits per heavy atom. The van der Waals surface area contributed by atoms with Crippen LogP contribution in [0.5, 0.6) is 0 Å². The number of benzene rings is 1. The summed E-state index contributed by atoms with van der Waals surface area (Å²) in [6, 6.07) is 9.75. The van der Waals surface area contributed by atoms with Crippen LogP contribution in [0.15, 0.2) is 34.9 Å². The van der Waals surface area contributed by atoms with Gasteiger partial charge in [-0.15, -0.1) is 0 Å². The van der Waals surface area contributed by atoms with Gasteiger partial charge in [0.25, 0.3) is 5.89 Å². The number of hydrogen-bond donors (Lipinski definition) is 1. The molecule has 0 spiro atoms. The van der Waals surface area contributed by atoms with Gasteiger partial charge in [-0.25, -0.2) is 0 Å². The van der Waals surface area contributed by atoms with Crippen LogP contribution in [0.3, 0.4) is 0 Å². The van der Waals surface area contributed by atoms with Gasteiger partial charge in [0.05, 0.1) is 5.75 Å². The molecule has 1 aromatic heterocycles. The third kappa shape index (κ3) is 2.84. The van der Waals surface area contributed by atoms with Crippen LogP contribution in [-0.4, -0.2) is 22.4 Å². The molecule has 0 radical (unpaired) electrons. The molecule has 4 nitrogen and oxygen atoms in total. The Hall–Kier alpha value is -1.33. The van der Waals surface area contributed by atoms with Gasteiger partial charge in [-0.2, -0.15) is 16.7 Å². The molecule has 0 saturated heterocycles. The van der Waals surface area contributed by atoms with Crippen LogP contribution in [0.2, 0.25) is 0 Å². The van der Waals surface area contributed by atoms with E-state index >= 15 is 0 Å². The van der Waals surface area contributed by atoms with Crippen molar-refractivity contribution in [1.29, 1.82) is 0 Å². The molecule has 0 fully saturated rings. The van der Waals surface area contributed by atoms with Crippen LogP contribution in [0.1, 0.15) is 5.82 Å². The average molecular weight is 235 g/mol. The third-order valence-electron chi connectivity index (χ3n) is 1.98. The summed E-state index contributed by atoms with van der Waals surface area (Å²) in [4.78, 5) is 4.31. The van der Waals surface area contributed by atoms with Crippen LogP contribution >= 0.6 is 11.8 Å². The molecule has 16 heavy (non-hydrogen) atoms. The van der Waals surface area contributed by atoms with Gasteiger partial charge in [0.15, 0.2) is 5.82 Å². The van der Waals surface area contributed by atoms with Gasteiger partial charge in [-0.3, -0.25) is 0 Å². The van der Waals surface area contributed by atoms with Crippen molar-refractivity contribution in [1.82, 2.24) is 10.1 Å². The Kier molecular flexibility index (Phi) is 3.96. The van der Waals surface area contributed by atoms with Crippen LogP contribution in [0.4, 0.5) is 0 Å². The normalized spacial score (nSPS) is 10.6. The molecule has 2 aromatic rings. The van der Waals surface area contributed by atoms with E-state index in [0.717, 1.165) is 22.9 Å². The van der Waals surface area contributed by atoms with E-state index in [9.17, 15) is 0 Å². The Morgan fingerprint density at radius 3 is 2.81 bits per heavy atom. The molecule has 84 valence electrons. The SMILES string of the molecule is NCCSCc1noc(-c2ccccc2)n1. The molecule has 2 N–H and O–H groups in total. The zero-order valence-electron chi connectivity index (χ0n) is 8.80. The van der Waals surface area contributed by atoms with Crippen LogP contribution in [0, 0.1) is 0 Å². The van der Waals surface area contributed by atoms with E-state index < -0.39 is 0 Å². The van der Waals surface area contributed by atoms with E-state index in [0.29, 0.717) is 12.4 Å². The van der Waals surface area contributed by atoms with Crippen LogP contribution < -0.4 is 5.73 Å². The lowest BCUT2D eigenvalue weighted by Gasteiger charge is -1.92. The highest BCUT2D eigenvalue weighted by Crippen LogP contribution is 2.17. The van der Waals surface area contributed by atoms with Crippen molar-refractivity contribution in [2.75, 3.05) is 12.3 Å². The molecule has 0 saturated carbocycles. The molecular weight excluding hydrogens is 222 g/mol. The molecular formula is C11H13N3OS. The average Bonchev–Trinajstić information content (AvgIpc) is 2.79. The van der Waals surface area contributed by atoms with Gasteiger partial charge in [-0.05, 0) is 12.1 Å². The van der Waals surface area contributed by atoms with Crippen molar-refractivity contribution < 1.29 is 4.52 Å². The first kappa shape index (κ1) is 11.2. The fraction of sp³-hybridized carbons (Fsp3) is 0.273. The quantitative estimate of drug-likeness (QED) is 0.802. The van der Waals surface area contributed by atoms with Gasteiger partial charge in [0.2, 0.25) is 0 Å². The minimum absolute atomic E-state index is 0.573. The number of aromatic nitrogens is 2. The van der Waals surface area contributed by atoms with Crippen molar-refractivity contribution >= 4 is 11.8 Å². The van der Waals surface area contributed by atoms with Gasteiger partial charge < -0.3 is 10.3 Å². The standard InChI is InChI=1S/C11H13N3OS/c12-6-7-16-8-10-13-11(15-14-10)9-4-2-1-3-5-9/h1-5H,6-8,12H2. The lowest BCUT2D eigenvalue weighted by molar-refractivity contribution is 0.425. The molecule has 0 aliphatic rings. The first-order chi connectivity index (χ1) is 7.90. The Morgan fingerprint density at radius 1 is 1.25 bits per heavy atom. The maximum Gasteiger partial charge on any atom is 0.257 e. The number of rotatable bonds is 5. The largest absolute Gasteiger partial charge is 0.334 e. The third-order valence-corrected chi connectivity index (χ3v) is 2.97. The number of nitrogens with zero attached hydrogens (tertiary/aromatic N) is 2. The summed E-state index contributed by atoms with van der Waals surface area (Å²) in [5.41, 5.74) is 6.35. The molecule has 5 heteroatoms. The molecule has 1 heterocycles. The van der Waals surface area contributed by atoms with Crippen LogP contribution in [0.25, 0.3) is 11.5 Å². The van der Waals surface area contributed by atoms with E-state index in [4.69, 9.17) is 10.3 Å². The van der Waals surface area contributed by atoms with Gasteiger partial charge in [-0.1, -0.05) is 23.4 Å². The molecule has 0 bridgehead atoms. The molecule has 1 aromatic carbocycles. The second kappa shape index (κ2) is 5.67. The van der Waals surface area contributed by atoms with Gasteiger partial charge in [0.1, 0.15) is 0 Å². The molecule has 0 amide bonds. The predicted octanol–water partition coefficient (Wildman–Crippen LogP) is 1.93. The minimum Gasteiger partial charge on any atom is -0.334 e. The van der Waals surface area contributed by atoms with Crippen molar-refractivity contribution in [2.24, 2.45) is 5.73 Å². The first-order valence-electron chi connectivity index (χ1n) is 5.06. The summed E-state index contributed by atoms with van der Waals surface area (Å²) in [5.74, 6) is 2.95. The highest BCUT2D eigenvalue weighted by molar-refractivity contribution is 7.98. The summed E-state index contributed by atoms with van der Waals surface area (Å²) in [6.45, 7) is 0.675. The fourth-order valence-electron chi connectivity index (χ4n) is 1.26. The predicted molar refractivity (Wildman–Crippen MR) is 65.0 cm³/mol. The number of thioether (sulfide) groups is 1. The number of nitrogens with two attached hydrogens (primary N) is 1. The highest BCUT2D eigenvalue weighted by Gasteiger charge is 2.07. The molecule has 0 aliphatic carbocycles. The van der Waals surface area contributed by atoms with Gasteiger partial charge in [0, 0.05) is 17.9 Å². The minimum atomic E-state index is 0.573. The highest BCUT2D eigenvalue weighted by atomic mass is 32.2. The fourth-order valence-corrected chi connectivity index (χ4v) is 1.87. The van der Waals surface area contributed by atoms with Crippen molar-refractivity contribution in [3.8, 4) is 11.5 Å². The second-order valence-corrected chi connectivity index (χ2v) is 4.33.